The highest BCUT2D eigenvalue weighted by Gasteiger charge is 2.17. The standard InChI is InChI=1S/C18H20Cl2N4O/c1-11-10-15(17(25)24-16-13(19)8-5-9-14(16)20)23-18(21-11)22-12-6-3-2-4-7-12/h5,8-10,12H,2-4,6-7H2,1H3,(H,24,25)(H,21,22,23). The van der Waals surface area contributed by atoms with Gasteiger partial charge in [0.15, 0.2) is 0 Å². The van der Waals surface area contributed by atoms with Crippen molar-refractivity contribution in [1.29, 1.82) is 0 Å². The maximum absolute atomic E-state index is 12.6. The van der Waals surface area contributed by atoms with Gasteiger partial charge in [-0.05, 0) is 38.0 Å². The van der Waals surface area contributed by atoms with Gasteiger partial charge in [-0.3, -0.25) is 4.79 Å². The van der Waals surface area contributed by atoms with Crippen LogP contribution >= 0.6 is 23.2 Å². The minimum absolute atomic E-state index is 0.279. The van der Waals surface area contributed by atoms with E-state index in [4.69, 9.17) is 23.2 Å². The first-order valence-corrected chi connectivity index (χ1v) is 9.16. The molecule has 1 heterocycles. The molecular weight excluding hydrogens is 359 g/mol. The molecular formula is C18H20Cl2N4O. The Bertz CT molecular complexity index is 755. The number of nitrogens with zero attached hydrogens (tertiary/aromatic N) is 2. The maximum atomic E-state index is 12.6. The quantitative estimate of drug-likeness (QED) is 0.777. The van der Waals surface area contributed by atoms with Crippen molar-refractivity contribution in [2.75, 3.05) is 10.6 Å². The van der Waals surface area contributed by atoms with E-state index in [0.29, 0.717) is 27.7 Å². The molecule has 0 aliphatic heterocycles. The number of aromatic nitrogens is 2. The van der Waals surface area contributed by atoms with Crippen LogP contribution in [0, 0.1) is 6.92 Å². The molecule has 0 unspecified atom stereocenters. The Labute approximate surface area is 157 Å². The fourth-order valence-corrected chi connectivity index (χ4v) is 3.47. The van der Waals surface area contributed by atoms with Crippen LogP contribution in [0.2, 0.25) is 10.0 Å². The average molecular weight is 379 g/mol. The molecule has 2 N–H and O–H groups in total. The summed E-state index contributed by atoms with van der Waals surface area (Å²) in [5, 5.41) is 6.84. The van der Waals surface area contributed by atoms with Crippen molar-refractivity contribution in [3.8, 4) is 0 Å². The number of aryl methyl sites for hydroxylation is 1. The van der Waals surface area contributed by atoms with E-state index in [1.807, 2.05) is 6.92 Å². The Morgan fingerprint density at radius 1 is 1.12 bits per heavy atom. The first-order chi connectivity index (χ1) is 12.0. The van der Waals surface area contributed by atoms with Crippen LogP contribution in [0.5, 0.6) is 0 Å². The van der Waals surface area contributed by atoms with Crippen LogP contribution < -0.4 is 10.6 Å². The van der Waals surface area contributed by atoms with Crippen molar-refractivity contribution < 1.29 is 4.79 Å². The number of hydrogen-bond acceptors (Lipinski definition) is 4. The van der Waals surface area contributed by atoms with Crippen molar-refractivity contribution in [2.45, 2.75) is 45.1 Å². The number of para-hydroxylation sites is 1. The minimum Gasteiger partial charge on any atom is -0.351 e. The molecule has 1 aromatic heterocycles. The number of rotatable bonds is 4. The fraction of sp³-hybridized carbons (Fsp3) is 0.389. The van der Waals surface area contributed by atoms with Crippen LogP contribution in [0.15, 0.2) is 24.3 Å². The van der Waals surface area contributed by atoms with E-state index in [2.05, 4.69) is 20.6 Å². The highest BCUT2D eigenvalue weighted by molar-refractivity contribution is 6.40. The lowest BCUT2D eigenvalue weighted by molar-refractivity contribution is 0.102. The van der Waals surface area contributed by atoms with Gasteiger partial charge in [0.05, 0.1) is 15.7 Å². The number of carbonyl (C=O) groups excluding carboxylic acids is 1. The molecule has 1 fully saturated rings. The predicted octanol–water partition coefficient (Wildman–Crippen LogP) is 5.09. The summed E-state index contributed by atoms with van der Waals surface area (Å²) in [7, 11) is 0. The molecule has 5 nitrogen and oxygen atoms in total. The molecule has 1 aromatic carbocycles. The summed E-state index contributed by atoms with van der Waals surface area (Å²) < 4.78 is 0. The summed E-state index contributed by atoms with van der Waals surface area (Å²) in [6, 6.07) is 7.08. The molecule has 132 valence electrons. The number of amides is 1. The van der Waals surface area contributed by atoms with Crippen LogP contribution in [0.25, 0.3) is 0 Å². The number of anilines is 2. The number of benzene rings is 1. The molecule has 1 aliphatic carbocycles. The molecule has 3 rings (SSSR count). The van der Waals surface area contributed by atoms with E-state index in [0.717, 1.165) is 18.5 Å². The zero-order chi connectivity index (χ0) is 17.8. The molecule has 2 aromatic rings. The first-order valence-electron chi connectivity index (χ1n) is 8.40. The zero-order valence-corrected chi connectivity index (χ0v) is 15.5. The van der Waals surface area contributed by atoms with Crippen LogP contribution in [0.3, 0.4) is 0 Å². The fourth-order valence-electron chi connectivity index (χ4n) is 2.97. The molecule has 7 heteroatoms. The minimum atomic E-state index is -0.368. The molecule has 0 radical (unpaired) electrons. The number of hydrogen-bond donors (Lipinski definition) is 2. The number of halogens is 2. The first kappa shape index (κ1) is 18.0. The van der Waals surface area contributed by atoms with E-state index in [1.54, 1.807) is 24.3 Å². The van der Waals surface area contributed by atoms with Gasteiger partial charge in [0.2, 0.25) is 5.95 Å². The second-order valence-corrected chi connectivity index (χ2v) is 7.06. The molecule has 1 amide bonds. The van der Waals surface area contributed by atoms with Crippen molar-refractivity contribution in [3.63, 3.8) is 0 Å². The van der Waals surface area contributed by atoms with Gasteiger partial charge in [0, 0.05) is 11.7 Å². The van der Waals surface area contributed by atoms with Gasteiger partial charge < -0.3 is 10.6 Å². The van der Waals surface area contributed by atoms with Gasteiger partial charge in [0.25, 0.3) is 5.91 Å². The van der Waals surface area contributed by atoms with Crippen molar-refractivity contribution in [1.82, 2.24) is 9.97 Å². The number of carbonyl (C=O) groups is 1. The van der Waals surface area contributed by atoms with Gasteiger partial charge in [0.1, 0.15) is 5.69 Å². The maximum Gasteiger partial charge on any atom is 0.274 e. The van der Waals surface area contributed by atoms with Crippen molar-refractivity contribution in [3.05, 3.63) is 45.7 Å². The topological polar surface area (TPSA) is 66.9 Å². The zero-order valence-electron chi connectivity index (χ0n) is 14.0. The second-order valence-electron chi connectivity index (χ2n) is 6.25. The lowest BCUT2D eigenvalue weighted by atomic mass is 9.96. The third-order valence-electron chi connectivity index (χ3n) is 4.23. The van der Waals surface area contributed by atoms with E-state index in [-0.39, 0.29) is 11.6 Å². The lowest BCUT2D eigenvalue weighted by Gasteiger charge is -2.23. The third-order valence-corrected chi connectivity index (χ3v) is 4.86. The van der Waals surface area contributed by atoms with Crippen LogP contribution in [-0.2, 0) is 0 Å². The summed E-state index contributed by atoms with van der Waals surface area (Å²) in [5.74, 6) is 0.120. The van der Waals surface area contributed by atoms with Crippen molar-refractivity contribution in [2.24, 2.45) is 0 Å². The van der Waals surface area contributed by atoms with Gasteiger partial charge in [-0.15, -0.1) is 0 Å². The molecule has 1 saturated carbocycles. The van der Waals surface area contributed by atoms with E-state index in [1.165, 1.54) is 19.3 Å². The van der Waals surface area contributed by atoms with Gasteiger partial charge in [-0.2, -0.15) is 0 Å². The molecule has 0 bridgehead atoms. The van der Waals surface area contributed by atoms with E-state index in [9.17, 15) is 4.79 Å². The van der Waals surface area contributed by atoms with E-state index >= 15 is 0 Å². The highest BCUT2D eigenvalue weighted by atomic mass is 35.5. The molecule has 0 atom stereocenters. The average Bonchev–Trinajstić information content (AvgIpc) is 2.58. The smallest absolute Gasteiger partial charge is 0.274 e. The highest BCUT2D eigenvalue weighted by Crippen LogP contribution is 2.30. The summed E-state index contributed by atoms with van der Waals surface area (Å²) in [6.45, 7) is 1.84. The van der Waals surface area contributed by atoms with Gasteiger partial charge >= 0.3 is 0 Å². The van der Waals surface area contributed by atoms with E-state index < -0.39 is 0 Å². The summed E-state index contributed by atoms with van der Waals surface area (Å²) >= 11 is 12.2. The van der Waals surface area contributed by atoms with Crippen LogP contribution in [0.1, 0.15) is 48.3 Å². The molecule has 1 aliphatic rings. The third kappa shape index (κ3) is 4.61. The predicted molar refractivity (Wildman–Crippen MR) is 102 cm³/mol. The van der Waals surface area contributed by atoms with Crippen LogP contribution in [-0.4, -0.2) is 21.9 Å². The Hall–Kier alpha value is -1.85. The number of nitrogens with one attached hydrogen (secondary N) is 2. The Morgan fingerprint density at radius 2 is 1.80 bits per heavy atom. The summed E-state index contributed by atoms with van der Waals surface area (Å²) in [5.41, 5.74) is 1.39. The normalized spacial score (nSPS) is 15.0. The molecule has 25 heavy (non-hydrogen) atoms. The van der Waals surface area contributed by atoms with Gasteiger partial charge in [-0.25, -0.2) is 9.97 Å². The molecule has 0 saturated heterocycles. The van der Waals surface area contributed by atoms with Gasteiger partial charge in [-0.1, -0.05) is 48.5 Å². The SMILES string of the molecule is Cc1cc(C(=O)Nc2c(Cl)cccc2Cl)nc(NC2CCCCC2)n1. The molecule has 0 spiro atoms. The largest absolute Gasteiger partial charge is 0.351 e. The second kappa shape index (κ2) is 8.02. The van der Waals surface area contributed by atoms with Crippen LogP contribution in [0.4, 0.5) is 11.6 Å². The lowest BCUT2D eigenvalue weighted by Crippen LogP contribution is -2.24. The summed E-state index contributed by atoms with van der Waals surface area (Å²) in [6.07, 6.45) is 5.91. The van der Waals surface area contributed by atoms with Crippen molar-refractivity contribution >= 4 is 40.7 Å². The monoisotopic (exact) mass is 378 g/mol. The Balaban J connectivity index is 1.78. The summed E-state index contributed by atoms with van der Waals surface area (Å²) in [4.78, 5) is 21.3. The Morgan fingerprint density at radius 3 is 2.48 bits per heavy atom. The Kier molecular flexibility index (Phi) is 5.76.